The third-order valence-corrected chi connectivity index (χ3v) is 4.54. The zero-order chi connectivity index (χ0) is 18.0. The van der Waals surface area contributed by atoms with E-state index in [0.717, 1.165) is 29.2 Å². The number of hydrogen-bond acceptors (Lipinski definition) is 3. The molecule has 3 rings (SSSR count). The molecule has 25 heavy (non-hydrogen) atoms. The number of aromatic nitrogens is 4. The van der Waals surface area contributed by atoms with Gasteiger partial charge in [0.15, 0.2) is 0 Å². The average Bonchev–Trinajstić information content (AvgIpc) is 3.18. The molecular weight excluding hydrogens is 314 g/mol. The Bertz CT molecular complexity index is 873. The summed E-state index contributed by atoms with van der Waals surface area (Å²) in [5.74, 6) is 0.788. The number of aryl methyl sites for hydroxylation is 3. The van der Waals surface area contributed by atoms with Crippen LogP contribution in [0.25, 0.3) is 11.4 Å². The van der Waals surface area contributed by atoms with Crippen LogP contribution in [-0.4, -0.2) is 44.1 Å². The number of H-pyrrole nitrogens is 1. The second kappa shape index (κ2) is 6.93. The van der Waals surface area contributed by atoms with E-state index in [2.05, 4.69) is 15.2 Å². The van der Waals surface area contributed by atoms with Crippen molar-refractivity contribution in [2.45, 2.75) is 20.3 Å². The van der Waals surface area contributed by atoms with Gasteiger partial charge >= 0.3 is 0 Å². The number of benzene rings is 1. The molecule has 2 heterocycles. The second-order valence-corrected chi connectivity index (χ2v) is 6.30. The Morgan fingerprint density at radius 2 is 2.04 bits per heavy atom. The minimum Gasteiger partial charge on any atom is -0.341 e. The van der Waals surface area contributed by atoms with Gasteiger partial charge in [0.25, 0.3) is 5.91 Å². The molecule has 0 aliphatic heterocycles. The molecule has 3 aromatic rings. The summed E-state index contributed by atoms with van der Waals surface area (Å²) in [6.07, 6.45) is 4.40. The maximum Gasteiger partial charge on any atom is 0.254 e. The summed E-state index contributed by atoms with van der Waals surface area (Å²) in [6.45, 7) is 4.62. The molecule has 2 aromatic heterocycles. The molecule has 6 nitrogen and oxygen atoms in total. The fraction of sp³-hybridized carbons (Fsp3) is 0.316. The lowest BCUT2D eigenvalue weighted by Crippen LogP contribution is -2.29. The number of nitrogens with zero attached hydrogens (tertiary/aromatic N) is 4. The molecule has 0 fully saturated rings. The van der Waals surface area contributed by atoms with Crippen molar-refractivity contribution in [1.29, 1.82) is 0 Å². The molecule has 0 aliphatic carbocycles. The quantitative estimate of drug-likeness (QED) is 0.778. The molecule has 6 heteroatoms. The lowest BCUT2D eigenvalue weighted by molar-refractivity contribution is 0.0797. The second-order valence-electron chi connectivity index (χ2n) is 6.30. The first-order valence-electron chi connectivity index (χ1n) is 8.31. The van der Waals surface area contributed by atoms with Crippen LogP contribution in [0.2, 0.25) is 0 Å². The first-order chi connectivity index (χ1) is 12.0. The van der Waals surface area contributed by atoms with Gasteiger partial charge in [-0.2, -0.15) is 5.10 Å². The van der Waals surface area contributed by atoms with Gasteiger partial charge in [0.2, 0.25) is 0 Å². The van der Waals surface area contributed by atoms with E-state index in [4.69, 9.17) is 0 Å². The molecule has 1 N–H and O–H groups in total. The monoisotopic (exact) mass is 337 g/mol. The smallest absolute Gasteiger partial charge is 0.254 e. The van der Waals surface area contributed by atoms with Crippen LogP contribution in [0.3, 0.4) is 0 Å². The van der Waals surface area contributed by atoms with E-state index in [1.807, 2.05) is 63.0 Å². The summed E-state index contributed by atoms with van der Waals surface area (Å²) in [6, 6.07) is 7.61. The lowest BCUT2D eigenvalue weighted by Gasteiger charge is -2.19. The highest BCUT2D eigenvalue weighted by Gasteiger charge is 2.19. The van der Waals surface area contributed by atoms with Gasteiger partial charge in [-0.3, -0.25) is 9.89 Å². The molecule has 0 saturated carbocycles. The summed E-state index contributed by atoms with van der Waals surface area (Å²) in [7, 11) is 3.76. The maximum atomic E-state index is 13.0. The number of carbonyl (C=O) groups is 1. The molecule has 1 amide bonds. The number of carbonyl (C=O) groups excluding carboxylic acids is 1. The number of likely N-dealkylation sites (N-methyl/N-ethyl adjacent to an activating group) is 1. The molecule has 0 atom stereocenters. The number of hydrogen-bond donors (Lipinski definition) is 1. The molecule has 1 aromatic carbocycles. The van der Waals surface area contributed by atoms with Crippen molar-refractivity contribution in [3.63, 3.8) is 0 Å². The molecule has 130 valence electrons. The number of rotatable bonds is 5. The van der Waals surface area contributed by atoms with E-state index < -0.39 is 0 Å². The van der Waals surface area contributed by atoms with Crippen LogP contribution in [0.1, 0.15) is 27.3 Å². The summed E-state index contributed by atoms with van der Waals surface area (Å²) in [5, 5.41) is 7.21. The Balaban J connectivity index is 1.80. The summed E-state index contributed by atoms with van der Waals surface area (Å²) in [5.41, 5.74) is 4.75. The first kappa shape index (κ1) is 17.0. The predicted molar refractivity (Wildman–Crippen MR) is 97.4 cm³/mol. The fourth-order valence-corrected chi connectivity index (χ4v) is 3.02. The predicted octanol–water partition coefficient (Wildman–Crippen LogP) is 2.74. The highest BCUT2D eigenvalue weighted by molar-refractivity contribution is 6.00. The van der Waals surface area contributed by atoms with Gasteiger partial charge in [0, 0.05) is 44.3 Å². The van der Waals surface area contributed by atoms with Gasteiger partial charge in [0.05, 0.1) is 11.3 Å². The SMILES string of the molecule is Cc1n[nH]c(C)c1CCN(C)C(=O)c1ccccc1-c1nccn1C. The number of aromatic amines is 1. The van der Waals surface area contributed by atoms with Crippen LogP contribution < -0.4 is 0 Å². The summed E-state index contributed by atoms with van der Waals surface area (Å²) >= 11 is 0. The normalized spacial score (nSPS) is 10.9. The van der Waals surface area contributed by atoms with Crippen LogP contribution >= 0.6 is 0 Å². The fourth-order valence-electron chi connectivity index (χ4n) is 3.02. The standard InChI is InChI=1S/C19H23N5O/c1-13-15(14(2)22-21-13)9-11-24(4)19(25)17-8-6-5-7-16(17)18-20-10-12-23(18)3/h5-8,10,12H,9,11H2,1-4H3,(H,21,22). The van der Waals surface area contributed by atoms with Crippen molar-refractivity contribution in [1.82, 2.24) is 24.6 Å². The zero-order valence-electron chi connectivity index (χ0n) is 15.1. The Morgan fingerprint density at radius 1 is 1.28 bits per heavy atom. The largest absolute Gasteiger partial charge is 0.341 e. The summed E-state index contributed by atoms with van der Waals surface area (Å²) < 4.78 is 1.92. The highest BCUT2D eigenvalue weighted by atomic mass is 16.2. The highest BCUT2D eigenvalue weighted by Crippen LogP contribution is 2.23. The first-order valence-corrected chi connectivity index (χ1v) is 8.31. The zero-order valence-corrected chi connectivity index (χ0v) is 15.1. The molecule has 0 aliphatic rings. The van der Waals surface area contributed by atoms with Crippen molar-refractivity contribution in [2.24, 2.45) is 7.05 Å². The van der Waals surface area contributed by atoms with Gasteiger partial charge in [-0.05, 0) is 31.9 Å². The van der Waals surface area contributed by atoms with Gasteiger partial charge < -0.3 is 9.47 Å². The number of imidazole rings is 1. The van der Waals surface area contributed by atoms with Crippen molar-refractivity contribution >= 4 is 5.91 Å². The van der Waals surface area contributed by atoms with E-state index >= 15 is 0 Å². The molecule has 0 bridgehead atoms. The van der Waals surface area contributed by atoms with Crippen molar-refractivity contribution in [3.8, 4) is 11.4 Å². The molecule has 0 saturated heterocycles. The minimum atomic E-state index is -0.00241. The van der Waals surface area contributed by atoms with Crippen LogP contribution in [-0.2, 0) is 13.5 Å². The molecule has 0 radical (unpaired) electrons. The van der Waals surface area contributed by atoms with E-state index in [1.54, 1.807) is 11.1 Å². The third kappa shape index (κ3) is 3.33. The Kier molecular flexibility index (Phi) is 4.70. The average molecular weight is 337 g/mol. The molecule has 0 spiro atoms. The van der Waals surface area contributed by atoms with Gasteiger partial charge in [-0.25, -0.2) is 4.98 Å². The minimum absolute atomic E-state index is 0.00241. The van der Waals surface area contributed by atoms with Crippen molar-refractivity contribution in [2.75, 3.05) is 13.6 Å². The van der Waals surface area contributed by atoms with E-state index in [-0.39, 0.29) is 5.91 Å². The Labute approximate surface area is 147 Å². The van der Waals surface area contributed by atoms with Gasteiger partial charge in [0.1, 0.15) is 5.82 Å². The summed E-state index contributed by atoms with van der Waals surface area (Å²) in [4.78, 5) is 19.1. The molecule has 0 unspecified atom stereocenters. The number of amides is 1. The maximum absolute atomic E-state index is 13.0. The van der Waals surface area contributed by atoms with Crippen molar-refractivity contribution < 1.29 is 4.79 Å². The van der Waals surface area contributed by atoms with E-state index in [1.165, 1.54) is 5.56 Å². The van der Waals surface area contributed by atoms with Gasteiger partial charge in [-0.1, -0.05) is 18.2 Å². The Morgan fingerprint density at radius 3 is 2.68 bits per heavy atom. The van der Waals surface area contributed by atoms with E-state index in [9.17, 15) is 4.79 Å². The lowest BCUT2D eigenvalue weighted by atomic mass is 10.0. The third-order valence-electron chi connectivity index (χ3n) is 4.54. The van der Waals surface area contributed by atoms with Gasteiger partial charge in [-0.15, -0.1) is 0 Å². The topological polar surface area (TPSA) is 66.8 Å². The number of nitrogens with one attached hydrogen (secondary N) is 1. The van der Waals surface area contributed by atoms with E-state index in [0.29, 0.717) is 12.1 Å². The molecular formula is C19H23N5O. The van der Waals surface area contributed by atoms with Crippen LogP contribution in [0.5, 0.6) is 0 Å². The van der Waals surface area contributed by atoms with Crippen LogP contribution in [0.15, 0.2) is 36.7 Å². The Hall–Kier alpha value is -2.89. The van der Waals surface area contributed by atoms with Crippen molar-refractivity contribution in [3.05, 3.63) is 59.2 Å². The van der Waals surface area contributed by atoms with Crippen LogP contribution in [0.4, 0.5) is 0 Å². The van der Waals surface area contributed by atoms with Crippen LogP contribution in [0, 0.1) is 13.8 Å².